The summed E-state index contributed by atoms with van der Waals surface area (Å²) in [7, 11) is 0. The van der Waals surface area contributed by atoms with Crippen LogP contribution >= 0.6 is 11.8 Å². The van der Waals surface area contributed by atoms with Crippen molar-refractivity contribution in [3.8, 4) is 6.07 Å². The van der Waals surface area contributed by atoms with Crippen LogP contribution in [0, 0.1) is 17.2 Å². The van der Waals surface area contributed by atoms with E-state index in [9.17, 15) is 4.79 Å². The lowest BCUT2D eigenvalue weighted by atomic mass is 10.0. The molecule has 2 bridgehead atoms. The van der Waals surface area contributed by atoms with E-state index >= 15 is 0 Å². The first-order valence-corrected chi connectivity index (χ1v) is 11.3. The number of thioether (sulfide) groups is 1. The molecule has 29 heavy (non-hydrogen) atoms. The third kappa shape index (κ3) is 4.40. The molecule has 6 heteroatoms. The Morgan fingerprint density at radius 2 is 2.07 bits per heavy atom. The van der Waals surface area contributed by atoms with Crippen molar-refractivity contribution in [2.24, 2.45) is 5.92 Å². The largest absolute Gasteiger partial charge is 0.347 e. The Morgan fingerprint density at radius 1 is 1.24 bits per heavy atom. The normalized spacial score (nSPS) is 23.1. The molecule has 3 heterocycles. The first kappa shape index (κ1) is 19.8. The van der Waals surface area contributed by atoms with Crippen molar-refractivity contribution in [2.75, 3.05) is 23.7 Å². The number of aromatic nitrogens is 1. The number of likely N-dealkylation sites (tertiary alicyclic amines) is 1. The highest BCUT2D eigenvalue weighted by Gasteiger charge is 2.45. The number of pyridine rings is 1. The van der Waals surface area contributed by atoms with Crippen LogP contribution in [0.3, 0.4) is 0 Å². The van der Waals surface area contributed by atoms with Crippen LogP contribution in [0.15, 0.2) is 48.7 Å². The molecule has 3 atom stereocenters. The Kier molecular flexibility index (Phi) is 6.05. The maximum atomic E-state index is 12.8. The molecule has 2 saturated heterocycles. The Morgan fingerprint density at radius 3 is 2.76 bits per heavy atom. The molecule has 1 aromatic carbocycles. The topological polar surface area (TPSA) is 60.2 Å². The molecule has 2 aromatic rings. The summed E-state index contributed by atoms with van der Waals surface area (Å²) in [6.45, 7) is 3.80. The first-order chi connectivity index (χ1) is 14.2. The smallest absolute Gasteiger partial charge is 0.223 e. The molecule has 0 spiro atoms. The summed E-state index contributed by atoms with van der Waals surface area (Å²) < 4.78 is 0. The van der Waals surface area contributed by atoms with E-state index in [1.807, 2.05) is 30.0 Å². The van der Waals surface area contributed by atoms with E-state index in [1.54, 1.807) is 6.20 Å². The minimum Gasteiger partial charge on any atom is -0.347 e. The number of amides is 1. The predicted octanol–water partition coefficient (Wildman–Crippen LogP) is 3.70. The number of hydrogen-bond acceptors (Lipinski definition) is 5. The van der Waals surface area contributed by atoms with Crippen molar-refractivity contribution in [1.82, 2.24) is 9.88 Å². The number of benzene rings is 1. The average Bonchev–Trinajstić information content (AvgIpc) is 2.96. The van der Waals surface area contributed by atoms with Crippen LogP contribution in [0.25, 0.3) is 0 Å². The van der Waals surface area contributed by atoms with Crippen LogP contribution < -0.4 is 4.90 Å². The minimum atomic E-state index is 0.266. The van der Waals surface area contributed by atoms with E-state index in [0.717, 1.165) is 36.8 Å². The number of fused-ring (bicyclic) bond motifs is 2. The lowest BCUT2D eigenvalue weighted by Crippen LogP contribution is -2.56. The second-order valence-corrected chi connectivity index (χ2v) is 9.05. The second-order valence-electron chi connectivity index (χ2n) is 7.95. The SMILES string of the molecule is C[C@H]1CC2CN(C(=O)CCSCc3ccccc3)CC1N2c1ccc(C#N)cn1. The van der Waals surface area contributed by atoms with Gasteiger partial charge in [-0.2, -0.15) is 17.0 Å². The zero-order valence-corrected chi connectivity index (χ0v) is 17.5. The Bertz CT molecular complexity index is 880. The fourth-order valence-corrected chi connectivity index (χ4v) is 5.37. The lowest BCUT2D eigenvalue weighted by Gasteiger charge is -2.42. The minimum absolute atomic E-state index is 0.266. The molecule has 1 aromatic heterocycles. The van der Waals surface area contributed by atoms with Crippen LogP contribution in [0.2, 0.25) is 0 Å². The van der Waals surface area contributed by atoms with Crippen molar-refractivity contribution in [1.29, 1.82) is 5.26 Å². The predicted molar refractivity (Wildman–Crippen MR) is 117 cm³/mol. The molecule has 4 rings (SSSR count). The van der Waals surface area contributed by atoms with E-state index in [-0.39, 0.29) is 5.91 Å². The summed E-state index contributed by atoms with van der Waals surface area (Å²) in [6, 6.07) is 16.9. The van der Waals surface area contributed by atoms with Gasteiger partial charge in [0.15, 0.2) is 0 Å². The number of rotatable bonds is 6. The first-order valence-electron chi connectivity index (χ1n) is 10.2. The van der Waals surface area contributed by atoms with Gasteiger partial charge in [-0.3, -0.25) is 4.79 Å². The van der Waals surface area contributed by atoms with Crippen molar-refractivity contribution >= 4 is 23.5 Å². The molecule has 2 aliphatic rings. The van der Waals surface area contributed by atoms with E-state index < -0.39 is 0 Å². The van der Waals surface area contributed by atoms with E-state index in [4.69, 9.17) is 5.26 Å². The maximum absolute atomic E-state index is 12.8. The molecule has 5 nitrogen and oxygen atoms in total. The monoisotopic (exact) mass is 406 g/mol. The number of piperazine rings is 1. The number of anilines is 1. The quantitative estimate of drug-likeness (QED) is 0.685. The van der Waals surface area contributed by atoms with Gasteiger partial charge >= 0.3 is 0 Å². The molecule has 0 radical (unpaired) electrons. The zero-order chi connectivity index (χ0) is 20.2. The number of nitrogens with zero attached hydrogens (tertiary/aromatic N) is 4. The van der Waals surface area contributed by atoms with E-state index in [2.05, 4.69) is 52.0 Å². The number of carbonyl (C=O) groups excluding carboxylic acids is 1. The molecule has 0 saturated carbocycles. The highest BCUT2D eigenvalue weighted by molar-refractivity contribution is 7.98. The molecule has 2 unspecified atom stereocenters. The fraction of sp³-hybridized carbons (Fsp3) is 0.435. The van der Waals surface area contributed by atoms with Crippen molar-refractivity contribution in [2.45, 2.75) is 37.6 Å². The van der Waals surface area contributed by atoms with Crippen molar-refractivity contribution in [3.05, 3.63) is 59.8 Å². The highest BCUT2D eigenvalue weighted by Crippen LogP contribution is 2.37. The van der Waals surface area contributed by atoms with Gasteiger partial charge in [0.25, 0.3) is 0 Å². The number of hydrogen-bond donors (Lipinski definition) is 0. The molecule has 2 fully saturated rings. The maximum Gasteiger partial charge on any atom is 0.223 e. The van der Waals surface area contributed by atoms with Crippen LogP contribution in [-0.4, -0.2) is 46.7 Å². The molecular formula is C23H26N4OS. The summed E-state index contributed by atoms with van der Waals surface area (Å²) in [5.41, 5.74) is 1.89. The summed E-state index contributed by atoms with van der Waals surface area (Å²) in [5.74, 6) is 3.53. The number of nitriles is 1. The lowest BCUT2D eigenvalue weighted by molar-refractivity contribution is -0.131. The summed E-state index contributed by atoms with van der Waals surface area (Å²) in [5, 5.41) is 9.00. The second kappa shape index (κ2) is 8.87. The Balaban J connectivity index is 1.32. The summed E-state index contributed by atoms with van der Waals surface area (Å²) >= 11 is 1.82. The summed E-state index contributed by atoms with van der Waals surface area (Å²) in [6.07, 6.45) is 3.32. The van der Waals surface area contributed by atoms with E-state index in [1.165, 1.54) is 5.56 Å². The van der Waals surface area contributed by atoms with Gasteiger partial charge in [0.2, 0.25) is 5.91 Å². The highest BCUT2D eigenvalue weighted by atomic mass is 32.2. The van der Waals surface area contributed by atoms with Crippen LogP contribution in [0.1, 0.15) is 30.9 Å². The van der Waals surface area contributed by atoms with Crippen LogP contribution in [0.5, 0.6) is 0 Å². The Hall–Kier alpha value is -2.52. The molecule has 0 N–H and O–H groups in total. The Labute approximate surface area is 176 Å². The molecular weight excluding hydrogens is 380 g/mol. The van der Waals surface area contributed by atoms with Crippen molar-refractivity contribution < 1.29 is 4.79 Å². The van der Waals surface area contributed by atoms with Gasteiger partial charge in [-0.25, -0.2) is 4.98 Å². The van der Waals surface area contributed by atoms with E-state index in [0.29, 0.717) is 30.0 Å². The number of carbonyl (C=O) groups is 1. The zero-order valence-electron chi connectivity index (χ0n) is 16.7. The molecule has 0 aliphatic carbocycles. The average molecular weight is 407 g/mol. The van der Waals surface area contributed by atoms with Gasteiger partial charge in [0, 0.05) is 43.3 Å². The van der Waals surface area contributed by atoms with Gasteiger partial charge in [0.05, 0.1) is 11.6 Å². The third-order valence-corrected chi connectivity index (χ3v) is 6.99. The molecule has 2 aliphatic heterocycles. The van der Waals surface area contributed by atoms with Crippen LogP contribution in [-0.2, 0) is 10.5 Å². The van der Waals surface area contributed by atoms with Gasteiger partial charge in [-0.15, -0.1) is 0 Å². The van der Waals surface area contributed by atoms with Crippen molar-refractivity contribution in [3.63, 3.8) is 0 Å². The fourth-order valence-electron chi connectivity index (χ4n) is 4.48. The van der Waals surface area contributed by atoms with Gasteiger partial charge in [0.1, 0.15) is 11.9 Å². The summed E-state index contributed by atoms with van der Waals surface area (Å²) in [4.78, 5) is 21.7. The van der Waals surface area contributed by atoms with Crippen LogP contribution in [0.4, 0.5) is 5.82 Å². The molecule has 1 amide bonds. The standard InChI is InChI=1S/C23H26N4OS/c1-17-11-20-14-26(23(28)9-10-29-16-18-5-3-2-4-6-18)15-21(17)27(20)22-8-7-19(12-24)13-25-22/h2-8,13,17,20-21H,9-11,14-16H2,1H3/t17-,20?,21?/m0/s1. The molecule has 150 valence electrons. The van der Waals surface area contributed by atoms with Gasteiger partial charge in [-0.05, 0) is 30.0 Å². The van der Waals surface area contributed by atoms with Gasteiger partial charge < -0.3 is 9.80 Å². The van der Waals surface area contributed by atoms with Gasteiger partial charge in [-0.1, -0.05) is 37.3 Å². The third-order valence-electron chi connectivity index (χ3n) is 5.96.